The van der Waals surface area contributed by atoms with Crippen LogP contribution >= 0.6 is 12.6 Å². The number of carboxylic acid groups (broad SMARTS) is 1. The monoisotopic (exact) mass is 535 g/mol. The van der Waals surface area contributed by atoms with E-state index in [4.69, 9.17) is 5.73 Å². The van der Waals surface area contributed by atoms with Crippen molar-refractivity contribution in [3.8, 4) is 0 Å². The molecule has 37 heavy (non-hydrogen) atoms. The molecule has 0 radical (unpaired) electrons. The van der Waals surface area contributed by atoms with Crippen molar-refractivity contribution in [3.05, 3.63) is 35.9 Å². The third-order valence-electron chi connectivity index (χ3n) is 6.52. The molecule has 0 saturated carbocycles. The van der Waals surface area contributed by atoms with E-state index in [0.29, 0.717) is 32.2 Å². The van der Waals surface area contributed by atoms with E-state index in [2.05, 4.69) is 28.6 Å². The summed E-state index contributed by atoms with van der Waals surface area (Å²) in [7, 11) is 0. The van der Waals surface area contributed by atoms with Crippen LogP contribution in [0, 0.1) is 5.92 Å². The zero-order chi connectivity index (χ0) is 27.5. The molecule has 2 rings (SSSR count). The first kappa shape index (κ1) is 30.1. The molecule has 6 N–H and O–H groups in total. The average molecular weight is 536 g/mol. The summed E-state index contributed by atoms with van der Waals surface area (Å²) < 4.78 is 0. The molecule has 1 aliphatic heterocycles. The molecule has 0 bridgehead atoms. The number of nitrogens with zero attached hydrogens (tertiary/aromatic N) is 1. The van der Waals surface area contributed by atoms with Gasteiger partial charge < -0.3 is 31.7 Å². The molecule has 1 saturated heterocycles. The topological polar surface area (TPSA) is 171 Å². The van der Waals surface area contributed by atoms with Gasteiger partial charge in [0.05, 0.1) is 12.6 Å². The molecule has 5 atom stereocenters. The van der Waals surface area contributed by atoms with E-state index in [1.807, 2.05) is 37.3 Å². The predicted molar refractivity (Wildman–Crippen MR) is 141 cm³/mol. The van der Waals surface area contributed by atoms with Gasteiger partial charge in [0.25, 0.3) is 0 Å². The minimum atomic E-state index is -1.16. The van der Waals surface area contributed by atoms with Crippen LogP contribution in [-0.4, -0.2) is 82.6 Å². The number of carboxylic acids is 1. The van der Waals surface area contributed by atoms with Crippen LogP contribution in [0.25, 0.3) is 0 Å². The number of amides is 4. The van der Waals surface area contributed by atoms with E-state index >= 15 is 0 Å². The second-order valence-corrected chi connectivity index (χ2v) is 9.58. The highest BCUT2D eigenvalue weighted by molar-refractivity contribution is 7.80. The fourth-order valence-electron chi connectivity index (χ4n) is 4.09. The minimum absolute atomic E-state index is 0.0551. The van der Waals surface area contributed by atoms with Gasteiger partial charge in [0.2, 0.25) is 23.6 Å². The van der Waals surface area contributed by atoms with Gasteiger partial charge in [0, 0.05) is 12.3 Å². The summed E-state index contributed by atoms with van der Waals surface area (Å²) in [5, 5.41) is 17.0. The first-order valence-corrected chi connectivity index (χ1v) is 13.0. The molecule has 1 aliphatic rings. The smallest absolute Gasteiger partial charge is 0.326 e. The van der Waals surface area contributed by atoms with Crippen molar-refractivity contribution in [2.75, 3.05) is 18.8 Å². The number of carbonyl (C=O) groups is 5. The number of hydrogen-bond donors (Lipinski definition) is 6. The summed E-state index contributed by atoms with van der Waals surface area (Å²) in [5.74, 6) is -3.64. The SMILES string of the molecule is CCC(C)C(NC(=O)C(CS)NC(=O)C1CCCN1C(=O)CNC(=O)C(N)Cc1ccccc1)C(=O)O. The lowest BCUT2D eigenvalue weighted by Gasteiger charge is -2.27. The zero-order valence-electron chi connectivity index (χ0n) is 21.2. The Hall–Kier alpha value is -3.12. The van der Waals surface area contributed by atoms with Gasteiger partial charge in [-0.1, -0.05) is 50.6 Å². The third kappa shape index (κ3) is 8.74. The van der Waals surface area contributed by atoms with Gasteiger partial charge in [-0.2, -0.15) is 12.6 Å². The fraction of sp³-hybridized carbons (Fsp3) is 0.560. The number of hydrogen-bond acceptors (Lipinski definition) is 7. The van der Waals surface area contributed by atoms with Crippen LogP contribution in [0.15, 0.2) is 30.3 Å². The maximum atomic E-state index is 13.0. The molecule has 5 unspecified atom stereocenters. The molecule has 0 aliphatic carbocycles. The second kappa shape index (κ2) is 14.6. The van der Waals surface area contributed by atoms with Crippen molar-refractivity contribution in [3.63, 3.8) is 0 Å². The third-order valence-corrected chi connectivity index (χ3v) is 6.88. The van der Waals surface area contributed by atoms with Crippen molar-refractivity contribution >= 4 is 42.2 Å². The predicted octanol–water partition coefficient (Wildman–Crippen LogP) is -0.306. The van der Waals surface area contributed by atoms with Crippen LogP contribution in [0.1, 0.15) is 38.7 Å². The molecule has 0 aromatic heterocycles. The molecule has 1 fully saturated rings. The maximum Gasteiger partial charge on any atom is 0.326 e. The van der Waals surface area contributed by atoms with Crippen molar-refractivity contribution in [2.24, 2.45) is 11.7 Å². The van der Waals surface area contributed by atoms with E-state index < -0.39 is 53.8 Å². The first-order valence-electron chi connectivity index (χ1n) is 12.4. The highest BCUT2D eigenvalue weighted by Crippen LogP contribution is 2.18. The Bertz CT molecular complexity index is 962. The van der Waals surface area contributed by atoms with Crippen LogP contribution < -0.4 is 21.7 Å². The highest BCUT2D eigenvalue weighted by atomic mass is 32.1. The van der Waals surface area contributed by atoms with E-state index in [9.17, 15) is 29.1 Å². The Morgan fingerprint density at radius 2 is 1.81 bits per heavy atom. The first-order chi connectivity index (χ1) is 17.6. The van der Waals surface area contributed by atoms with E-state index in [0.717, 1.165) is 5.56 Å². The molecule has 0 spiro atoms. The molecule has 1 heterocycles. The second-order valence-electron chi connectivity index (χ2n) is 9.21. The lowest BCUT2D eigenvalue weighted by molar-refractivity contribution is -0.144. The average Bonchev–Trinajstić information content (AvgIpc) is 3.38. The lowest BCUT2D eigenvalue weighted by Crippen LogP contribution is -2.57. The molecule has 12 heteroatoms. The van der Waals surface area contributed by atoms with Crippen LogP contribution in [0.3, 0.4) is 0 Å². The summed E-state index contributed by atoms with van der Waals surface area (Å²) in [5.41, 5.74) is 6.86. The summed E-state index contributed by atoms with van der Waals surface area (Å²) in [6, 6.07) is 5.46. The van der Waals surface area contributed by atoms with Crippen molar-refractivity contribution < 1.29 is 29.1 Å². The Balaban J connectivity index is 1.92. The number of rotatable bonds is 13. The maximum absolute atomic E-state index is 13.0. The Morgan fingerprint density at radius 1 is 1.14 bits per heavy atom. The van der Waals surface area contributed by atoms with Gasteiger partial charge in [-0.15, -0.1) is 0 Å². The Kier molecular flexibility index (Phi) is 11.9. The quantitative estimate of drug-likeness (QED) is 0.188. The summed E-state index contributed by atoms with van der Waals surface area (Å²) >= 11 is 4.13. The van der Waals surface area contributed by atoms with Crippen LogP contribution in [-0.2, 0) is 30.4 Å². The van der Waals surface area contributed by atoms with Crippen molar-refractivity contribution in [2.45, 2.75) is 63.7 Å². The van der Waals surface area contributed by atoms with Crippen molar-refractivity contribution in [1.82, 2.24) is 20.9 Å². The lowest BCUT2D eigenvalue weighted by atomic mass is 9.99. The molecule has 204 valence electrons. The van der Waals surface area contributed by atoms with Gasteiger partial charge in [-0.25, -0.2) is 4.79 Å². The minimum Gasteiger partial charge on any atom is -0.480 e. The largest absolute Gasteiger partial charge is 0.480 e. The molecule has 1 aromatic carbocycles. The molecular weight excluding hydrogens is 498 g/mol. The van der Waals surface area contributed by atoms with Gasteiger partial charge in [0.1, 0.15) is 18.1 Å². The van der Waals surface area contributed by atoms with E-state index in [-0.39, 0.29) is 18.2 Å². The van der Waals surface area contributed by atoms with Gasteiger partial charge >= 0.3 is 5.97 Å². The summed E-state index contributed by atoms with van der Waals surface area (Å²) in [4.78, 5) is 63.7. The van der Waals surface area contributed by atoms with E-state index in [1.54, 1.807) is 6.92 Å². The standard InChI is InChI=1S/C25H37N5O6S/c1-3-15(2)21(25(35)36)29-23(33)18(14-37)28-24(34)19-10-7-11-30(19)20(31)13-27-22(32)17(26)12-16-8-5-4-6-9-16/h4-6,8-9,15,17-19,21,37H,3,7,10-14,26H2,1-2H3,(H,27,32)(H,28,34)(H,29,33)(H,35,36). The summed E-state index contributed by atoms with van der Waals surface area (Å²) in [6.45, 7) is 3.55. The number of carbonyl (C=O) groups excluding carboxylic acids is 4. The van der Waals surface area contributed by atoms with Crippen molar-refractivity contribution in [1.29, 1.82) is 0 Å². The highest BCUT2D eigenvalue weighted by Gasteiger charge is 2.36. The summed E-state index contributed by atoms with van der Waals surface area (Å²) in [6.07, 6.45) is 1.84. The van der Waals surface area contributed by atoms with Gasteiger partial charge in [-0.05, 0) is 30.7 Å². The number of nitrogens with two attached hydrogens (primary N) is 1. The van der Waals surface area contributed by atoms with Gasteiger partial charge in [-0.3, -0.25) is 19.2 Å². The number of benzene rings is 1. The zero-order valence-corrected chi connectivity index (χ0v) is 22.1. The number of likely N-dealkylation sites (tertiary alicyclic amines) is 1. The number of aliphatic carboxylic acids is 1. The normalized spacial score (nSPS) is 18.3. The molecule has 1 aromatic rings. The van der Waals surface area contributed by atoms with Gasteiger partial charge in [0.15, 0.2) is 0 Å². The van der Waals surface area contributed by atoms with Crippen LogP contribution in [0.5, 0.6) is 0 Å². The number of thiol groups is 1. The number of nitrogens with one attached hydrogen (secondary N) is 3. The van der Waals surface area contributed by atoms with E-state index in [1.165, 1.54) is 4.90 Å². The Labute approximate surface area is 222 Å². The van der Waals surface area contributed by atoms with Crippen LogP contribution in [0.2, 0.25) is 0 Å². The molecular formula is C25H37N5O6S. The van der Waals surface area contributed by atoms with Crippen LogP contribution in [0.4, 0.5) is 0 Å². The Morgan fingerprint density at radius 3 is 2.41 bits per heavy atom. The molecule has 11 nitrogen and oxygen atoms in total. The molecule has 4 amide bonds. The fourth-order valence-corrected chi connectivity index (χ4v) is 4.35.